The maximum atomic E-state index is 10.6. The van der Waals surface area contributed by atoms with E-state index in [-0.39, 0.29) is 0 Å². The molecule has 0 aliphatic carbocycles. The summed E-state index contributed by atoms with van der Waals surface area (Å²) in [7, 11) is 0. The molecule has 1 heterocycles. The third-order valence-corrected chi connectivity index (χ3v) is 2.82. The fourth-order valence-electron chi connectivity index (χ4n) is 1.60. The Balaban J connectivity index is 2.93. The van der Waals surface area contributed by atoms with E-state index in [9.17, 15) is 9.90 Å². The fourth-order valence-corrected chi connectivity index (χ4v) is 1.60. The lowest BCUT2D eigenvalue weighted by Crippen LogP contribution is -2.64. The summed E-state index contributed by atoms with van der Waals surface area (Å²) in [5, 5.41) is 18.1. The van der Waals surface area contributed by atoms with Crippen LogP contribution >= 0.6 is 0 Å². The zero-order valence-electron chi connectivity index (χ0n) is 7.78. The van der Waals surface area contributed by atoms with Crippen LogP contribution in [0.1, 0.15) is 20.3 Å². The molecular weight excluding hydrogens is 174 g/mol. The molecule has 0 radical (unpaired) electrons. The molecule has 13 heavy (non-hydrogen) atoms. The van der Waals surface area contributed by atoms with Crippen LogP contribution in [0, 0.1) is 0 Å². The van der Waals surface area contributed by atoms with Crippen LogP contribution in [0.5, 0.6) is 0 Å². The number of aliphatic carboxylic acids is 1. The number of hydrogen-bond donors (Lipinski definition) is 3. The van der Waals surface area contributed by atoms with Gasteiger partial charge in [0, 0.05) is 6.61 Å². The van der Waals surface area contributed by atoms with Gasteiger partial charge < -0.3 is 20.7 Å². The molecule has 0 amide bonds. The van der Waals surface area contributed by atoms with Crippen LogP contribution in [0.2, 0.25) is 0 Å². The molecule has 0 saturated carbocycles. The molecule has 0 aromatic rings. The summed E-state index contributed by atoms with van der Waals surface area (Å²) in [6.45, 7) is 3.76. The Labute approximate surface area is 76.5 Å². The molecule has 2 unspecified atom stereocenters. The second-order valence-electron chi connectivity index (χ2n) is 3.89. The first kappa shape index (κ1) is 10.4. The van der Waals surface area contributed by atoms with Gasteiger partial charge in [-0.2, -0.15) is 0 Å². The quantitative estimate of drug-likeness (QED) is 0.535. The summed E-state index contributed by atoms with van der Waals surface area (Å²) >= 11 is 0. The van der Waals surface area contributed by atoms with Crippen LogP contribution in [0.4, 0.5) is 0 Å². The minimum absolute atomic E-state index is 0.355. The zero-order chi connectivity index (χ0) is 10.3. The van der Waals surface area contributed by atoms with E-state index >= 15 is 0 Å². The Kier molecular flexibility index (Phi) is 2.36. The number of aliphatic hydroxyl groups is 1. The monoisotopic (exact) mass is 189 g/mol. The normalized spacial score (nSPS) is 34.5. The first-order valence-corrected chi connectivity index (χ1v) is 4.15. The average Bonchev–Trinajstić information content (AvgIpc) is 2.26. The van der Waals surface area contributed by atoms with Crippen LogP contribution in [0.3, 0.4) is 0 Å². The average molecular weight is 189 g/mol. The van der Waals surface area contributed by atoms with Gasteiger partial charge in [0.05, 0.1) is 11.1 Å². The van der Waals surface area contributed by atoms with Crippen LogP contribution in [-0.4, -0.2) is 40.0 Å². The van der Waals surface area contributed by atoms with Gasteiger partial charge in [-0.25, -0.2) is 4.79 Å². The number of carboxylic acid groups (broad SMARTS) is 1. The van der Waals surface area contributed by atoms with Crippen molar-refractivity contribution in [2.24, 2.45) is 5.73 Å². The lowest BCUT2D eigenvalue weighted by atomic mass is 9.78. The van der Waals surface area contributed by atoms with Gasteiger partial charge in [0.15, 0.2) is 6.10 Å². The van der Waals surface area contributed by atoms with E-state index < -0.39 is 23.2 Å². The second kappa shape index (κ2) is 2.94. The number of rotatable bonds is 2. The van der Waals surface area contributed by atoms with Crippen LogP contribution < -0.4 is 5.73 Å². The van der Waals surface area contributed by atoms with Crippen molar-refractivity contribution in [3.8, 4) is 0 Å². The molecule has 1 fully saturated rings. The number of ether oxygens (including phenoxy) is 1. The van der Waals surface area contributed by atoms with Crippen molar-refractivity contribution in [2.45, 2.75) is 37.5 Å². The molecule has 1 aliphatic heterocycles. The van der Waals surface area contributed by atoms with Crippen molar-refractivity contribution in [3.63, 3.8) is 0 Å². The maximum absolute atomic E-state index is 10.6. The summed E-state index contributed by atoms with van der Waals surface area (Å²) in [6, 6.07) is 0. The molecule has 2 atom stereocenters. The Hall–Kier alpha value is -0.650. The molecule has 0 aromatic carbocycles. The van der Waals surface area contributed by atoms with Crippen LogP contribution in [0.25, 0.3) is 0 Å². The fraction of sp³-hybridized carbons (Fsp3) is 0.875. The van der Waals surface area contributed by atoms with Crippen molar-refractivity contribution in [3.05, 3.63) is 0 Å². The summed E-state index contributed by atoms with van der Waals surface area (Å²) < 4.78 is 5.28. The van der Waals surface area contributed by atoms with Gasteiger partial charge in [-0.3, -0.25) is 0 Å². The molecule has 4 N–H and O–H groups in total. The topological polar surface area (TPSA) is 92.8 Å². The van der Waals surface area contributed by atoms with E-state index in [1.165, 1.54) is 0 Å². The van der Waals surface area contributed by atoms with E-state index in [0.717, 1.165) is 0 Å². The lowest BCUT2D eigenvalue weighted by molar-refractivity contribution is -0.155. The van der Waals surface area contributed by atoms with Gasteiger partial charge in [-0.05, 0) is 20.3 Å². The Morgan fingerprint density at radius 1 is 1.62 bits per heavy atom. The Morgan fingerprint density at radius 3 is 2.46 bits per heavy atom. The number of carbonyl (C=O) groups is 1. The van der Waals surface area contributed by atoms with Gasteiger partial charge in [0.1, 0.15) is 0 Å². The molecule has 0 aromatic heterocycles. The van der Waals surface area contributed by atoms with Crippen molar-refractivity contribution in [1.29, 1.82) is 0 Å². The Morgan fingerprint density at radius 2 is 2.15 bits per heavy atom. The standard InChI is InChI=1S/C8H15NO4/c1-7(2)8(9,3-4-13-7)5(10)6(11)12/h5,10H,3-4,9H2,1-2H3,(H,11,12). The highest BCUT2D eigenvalue weighted by Gasteiger charge is 2.54. The third kappa shape index (κ3) is 1.43. The van der Waals surface area contributed by atoms with Crippen molar-refractivity contribution in [1.82, 2.24) is 0 Å². The Bertz CT molecular complexity index is 228. The molecule has 5 nitrogen and oxygen atoms in total. The summed E-state index contributed by atoms with van der Waals surface area (Å²) in [4.78, 5) is 10.6. The van der Waals surface area contributed by atoms with E-state index in [1.54, 1.807) is 13.8 Å². The summed E-state index contributed by atoms with van der Waals surface area (Å²) in [5.74, 6) is -1.30. The number of aliphatic hydroxyl groups excluding tert-OH is 1. The van der Waals surface area contributed by atoms with Crippen LogP contribution in [0.15, 0.2) is 0 Å². The predicted octanol–water partition coefficient (Wildman–Crippen LogP) is -0.672. The van der Waals surface area contributed by atoms with Gasteiger partial charge in [-0.1, -0.05) is 0 Å². The second-order valence-corrected chi connectivity index (χ2v) is 3.89. The molecule has 1 rings (SSSR count). The van der Waals surface area contributed by atoms with Gasteiger partial charge in [0.2, 0.25) is 0 Å². The number of nitrogens with two attached hydrogens (primary N) is 1. The van der Waals surface area contributed by atoms with E-state index in [4.69, 9.17) is 15.6 Å². The minimum Gasteiger partial charge on any atom is -0.479 e. The molecular formula is C8H15NO4. The molecule has 1 aliphatic rings. The first-order chi connectivity index (χ1) is 5.81. The van der Waals surface area contributed by atoms with Crippen molar-refractivity contribution >= 4 is 5.97 Å². The highest BCUT2D eigenvalue weighted by Crippen LogP contribution is 2.36. The SMILES string of the molecule is CC1(C)OCCC1(N)C(O)C(=O)O. The van der Waals surface area contributed by atoms with E-state index in [0.29, 0.717) is 13.0 Å². The number of hydrogen-bond acceptors (Lipinski definition) is 4. The predicted molar refractivity (Wildman–Crippen MR) is 45.2 cm³/mol. The molecule has 1 saturated heterocycles. The molecule has 0 spiro atoms. The largest absolute Gasteiger partial charge is 0.479 e. The van der Waals surface area contributed by atoms with Crippen molar-refractivity contribution in [2.75, 3.05) is 6.61 Å². The van der Waals surface area contributed by atoms with Gasteiger partial charge in [-0.15, -0.1) is 0 Å². The van der Waals surface area contributed by atoms with Crippen LogP contribution in [-0.2, 0) is 9.53 Å². The van der Waals surface area contributed by atoms with Crippen molar-refractivity contribution < 1.29 is 19.7 Å². The summed E-state index contributed by atoms with van der Waals surface area (Å²) in [5.41, 5.74) is 3.83. The third-order valence-electron chi connectivity index (χ3n) is 2.82. The first-order valence-electron chi connectivity index (χ1n) is 4.15. The highest BCUT2D eigenvalue weighted by molar-refractivity contribution is 5.74. The van der Waals surface area contributed by atoms with E-state index in [1.807, 2.05) is 0 Å². The highest BCUT2D eigenvalue weighted by atomic mass is 16.5. The maximum Gasteiger partial charge on any atom is 0.334 e. The number of carboxylic acids is 1. The molecule has 5 heteroatoms. The minimum atomic E-state index is -1.58. The molecule has 76 valence electrons. The van der Waals surface area contributed by atoms with Gasteiger partial charge in [0.25, 0.3) is 0 Å². The zero-order valence-corrected chi connectivity index (χ0v) is 7.78. The lowest BCUT2D eigenvalue weighted by Gasteiger charge is -2.38. The van der Waals surface area contributed by atoms with E-state index in [2.05, 4.69) is 0 Å². The summed E-state index contributed by atoms with van der Waals surface area (Å²) in [6.07, 6.45) is -1.22. The van der Waals surface area contributed by atoms with Gasteiger partial charge >= 0.3 is 5.97 Å². The molecule has 0 bridgehead atoms. The smallest absolute Gasteiger partial charge is 0.334 e.